The van der Waals surface area contributed by atoms with Crippen LogP contribution in [0.1, 0.15) is 10.4 Å². The molecule has 0 radical (unpaired) electrons. The number of rotatable bonds is 5. The van der Waals surface area contributed by atoms with E-state index >= 15 is 0 Å². The number of aromatic hydroxyl groups is 1. The topological polar surface area (TPSA) is 75.6 Å². The number of nitrogens with one attached hydrogen (secondary N) is 1. The molecular formula is C12H12ClNO4. The standard InChI is InChI=1S/C12H12ClNO4/c1-2-5-14-11(16)7-18-12(17)9-6-8(13)3-4-10(9)15/h2-4,6,15H,1,5,7H2,(H,14,16). The van der Waals surface area contributed by atoms with Gasteiger partial charge in [0.2, 0.25) is 0 Å². The molecule has 0 unspecified atom stereocenters. The Bertz CT molecular complexity index is 473. The number of esters is 1. The molecule has 0 aliphatic heterocycles. The summed E-state index contributed by atoms with van der Waals surface area (Å²) in [6.07, 6.45) is 1.50. The van der Waals surface area contributed by atoms with Crippen molar-refractivity contribution < 1.29 is 19.4 Å². The van der Waals surface area contributed by atoms with Crippen LogP contribution in [0.5, 0.6) is 5.75 Å². The molecule has 1 amide bonds. The molecule has 1 aromatic rings. The molecule has 0 aromatic heterocycles. The van der Waals surface area contributed by atoms with Gasteiger partial charge in [0.1, 0.15) is 11.3 Å². The summed E-state index contributed by atoms with van der Waals surface area (Å²) in [6, 6.07) is 3.97. The van der Waals surface area contributed by atoms with E-state index < -0.39 is 18.5 Å². The van der Waals surface area contributed by atoms with Crippen molar-refractivity contribution >= 4 is 23.5 Å². The van der Waals surface area contributed by atoms with Gasteiger partial charge in [-0.3, -0.25) is 4.79 Å². The number of phenols is 1. The van der Waals surface area contributed by atoms with Crippen LogP contribution in [0.3, 0.4) is 0 Å². The van der Waals surface area contributed by atoms with Gasteiger partial charge in [0, 0.05) is 11.6 Å². The highest BCUT2D eigenvalue weighted by Gasteiger charge is 2.14. The molecule has 2 N–H and O–H groups in total. The molecule has 0 atom stereocenters. The normalized spacial score (nSPS) is 9.61. The van der Waals surface area contributed by atoms with Gasteiger partial charge in [0.05, 0.1) is 0 Å². The molecule has 0 heterocycles. The van der Waals surface area contributed by atoms with E-state index in [0.717, 1.165) is 0 Å². The molecule has 0 aliphatic carbocycles. The Balaban J connectivity index is 2.57. The van der Waals surface area contributed by atoms with Crippen LogP contribution in [-0.4, -0.2) is 30.1 Å². The lowest BCUT2D eigenvalue weighted by Crippen LogP contribution is -2.28. The van der Waals surface area contributed by atoms with E-state index in [9.17, 15) is 14.7 Å². The Morgan fingerprint density at radius 3 is 2.89 bits per heavy atom. The van der Waals surface area contributed by atoms with Crippen LogP contribution >= 0.6 is 11.6 Å². The fourth-order valence-electron chi connectivity index (χ4n) is 1.12. The zero-order valence-electron chi connectivity index (χ0n) is 9.48. The predicted molar refractivity (Wildman–Crippen MR) is 66.6 cm³/mol. The molecule has 0 saturated heterocycles. The number of amides is 1. The van der Waals surface area contributed by atoms with E-state index in [1.807, 2.05) is 0 Å². The smallest absolute Gasteiger partial charge is 0.342 e. The third-order valence-electron chi connectivity index (χ3n) is 1.96. The minimum atomic E-state index is -0.816. The Morgan fingerprint density at radius 2 is 2.22 bits per heavy atom. The van der Waals surface area contributed by atoms with Crippen LogP contribution < -0.4 is 5.32 Å². The maximum absolute atomic E-state index is 11.6. The molecule has 0 fully saturated rings. The molecule has 96 valence electrons. The van der Waals surface area contributed by atoms with Crippen LogP contribution in [-0.2, 0) is 9.53 Å². The second kappa shape index (κ2) is 6.66. The summed E-state index contributed by atoms with van der Waals surface area (Å²) in [5, 5.41) is 12.2. The molecule has 5 nitrogen and oxygen atoms in total. The van der Waals surface area contributed by atoms with E-state index in [-0.39, 0.29) is 16.3 Å². The lowest BCUT2D eigenvalue weighted by molar-refractivity contribution is -0.124. The van der Waals surface area contributed by atoms with Crippen LogP contribution in [0, 0.1) is 0 Å². The van der Waals surface area contributed by atoms with Crippen molar-refractivity contribution in [3.63, 3.8) is 0 Å². The molecule has 0 spiro atoms. The fourth-order valence-corrected chi connectivity index (χ4v) is 1.29. The summed E-state index contributed by atoms with van der Waals surface area (Å²) in [4.78, 5) is 22.7. The molecule has 6 heteroatoms. The van der Waals surface area contributed by atoms with Crippen LogP contribution in [0.25, 0.3) is 0 Å². The number of benzene rings is 1. The van der Waals surface area contributed by atoms with Crippen molar-refractivity contribution in [2.24, 2.45) is 0 Å². The quantitative estimate of drug-likeness (QED) is 0.627. The number of carbonyl (C=O) groups is 2. The molecule has 0 aliphatic rings. The maximum Gasteiger partial charge on any atom is 0.342 e. The van der Waals surface area contributed by atoms with Crippen molar-refractivity contribution in [3.05, 3.63) is 41.4 Å². The van der Waals surface area contributed by atoms with Crippen LogP contribution in [0.4, 0.5) is 0 Å². The molecular weight excluding hydrogens is 258 g/mol. The minimum Gasteiger partial charge on any atom is -0.507 e. The highest BCUT2D eigenvalue weighted by atomic mass is 35.5. The number of hydrogen-bond donors (Lipinski definition) is 2. The summed E-state index contributed by atoms with van der Waals surface area (Å²) >= 11 is 5.68. The predicted octanol–water partition coefficient (Wildman–Crippen LogP) is 1.50. The summed E-state index contributed by atoms with van der Waals surface area (Å²) in [7, 11) is 0. The van der Waals surface area contributed by atoms with Gasteiger partial charge in [-0.15, -0.1) is 6.58 Å². The largest absolute Gasteiger partial charge is 0.507 e. The Morgan fingerprint density at radius 1 is 1.50 bits per heavy atom. The summed E-state index contributed by atoms with van der Waals surface area (Å²) in [5.74, 6) is -1.52. The average molecular weight is 270 g/mol. The Hall–Kier alpha value is -2.01. The van der Waals surface area contributed by atoms with Crippen molar-refractivity contribution in [3.8, 4) is 5.75 Å². The van der Waals surface area contributed by atoms with E-state index in [1.165, 1.54) is 24.3 Å². The third kappa shape index (κ3) is 4.10. The van der Waals surface area contributed by atoms with Gasteiger partial charge in [-0.2, -0.15) is 0 Å². The van der Waals surface area contributed by atoms with Gasteiger partial charge >= 0.3 is 5.97 Å². The molecule has 1 rings (SSSR count). The number of ether oxygens (including phenoxy) is 1. The van der Waals surface area contributed by atoms with Crippen molar-refractivity contribution in [2.75, 3.05) is 13.2 Å². The number of hydrogen-bond acceptors (Lipinski definition) is 4. The van der Waals surface area contributed by atoms with Gasteiger partial charge in [0.25, 0.3) is 5.91 Å². The van der Waals surface area contributed by atoms with E-state index in [1.54, 1.807) is 0 Å². The molecule has 0 bridgehead atoms. The van der Waals surface area contributed by atoms with Crippen molar-refractivity contribution in [2.45, 2.75) is 0 Å². The third-order valence-corrected chi connectivity index (χ3v) is 2.19. The second-order valence-electron chi connectivity index (χ2n) is 3.33. The highest BCUT2D eigenvalue weighted by molar-refractivity contribution is 6.31. The van der Waals surface area contributed by atoms with E-state index in [4.69, 9.17) is 16.3 Å². The fraction of sp³-hybridized carbons (Fsp3) is 0.167. The molecule has 0 saturated carbocycles. The molecule has 1 aromatic carbocycles. The Kier molecular flexibility index (Phi) is 5.20. The minimum absolute atomic E-state index is 0.0842. The summed E-state index contributed by atoms with van der Waals surface area (Å²) in [6.45, 7) is 3.29. The first-order valence-electron chi connectivity index (χ1n) is 5.08. The zero-order chi connectivity index (χ0) is 13.5. The van der Waals surface area contributed by atoms with E-state index in [2.05, 4.69) is 11.9 Å². The first-order valence-corrected chi connectivity index (χ1v) is 5.45. The molecule has 18 heavy (non-hydrogen) atoms. The lowest BCUT2D eigenvalue weighted by Gasteiger charge is -2.06. The maximum atomic E-state index is 11.6. The first-order chi connectivity index (χ1) is 8.54. The van der Waals surface area contributed by atoms with Gasteiger partial charge in [-0.1, -0.05) is 17.7 Å². The van der Waals surface area contributed by atoms with E-state index in [0.29, 0.717) is 6.54 Å². The Labute approximate surface area is 109 Å². The zero-order valence-corrected chi connectivity index (χ0v) is 10.2. The van der Waals surface area contributed by atoms with Crippen LogP contribution in [0.2, 0.25) is 5.02 Å². The summed E-state index contributed by atoms with van der Waals surface area (Å²) < 4.78 is 4.72. The van der Waals surface area contributed by atoms with Crippen LogP contribution in [0.15, 0.2) is 30.9 Å². The van der Waals surface area contributed by atoms with Crippen molar-refractivity contribution in [1.82, 2.24) is 5.32 Å². The number of halogens is 1. The highest BCUT2D eigenvalue weighted by Crippen LogP contribution is 2.22. The average Bonchev–Trinajstić information content (AvgIpc) is 2.36. The number of phenolic OH excluding ortho intramolecular Hbond substituents is 1. The van der Waals surface area contributed by atoms with Gasteiger partial charge in [-0.05, 0) is 18.2 Å². The lowest BCUT2D eigenvalue weighted by atomic mass is 10.2. The number of carbonyl (C=O) groups excluding carboxylic acids is 2. The SMILES string of the molecule is C=CCNC(=O)COC(=O)c1cc(Cl)ccc1O. The van der Waals surface area contributed by atoms with Crippen molar-refractivity contribution in [1.29, 1.82) is 0 Å². The summed E-state index contributed by atoms with van der Waals surface area (Å²) in [5.41, 5.74) is -0.0842. The first kappa shape index (κ1) is 14.1. The van der Waals surface area contributed by atoms with Gasteiger partial charge in [-0.25, -0.2) is 4.79 Å². The monoisotopic (exact) mass is 269 g/mol. The van der Waals surface area contributed by atoms with Gasteiger partial charge < -0.3 is 15.2 Å². The second-order valence-corrected chi connectivity index (χ2v) is 3.77. The van der Waals surface area contributed by atoms with Gasteiger partial charge in [0.15, 0.2) is 6.61 Å².